The maximum Gasteiger partial charge on any atom is 0.0489 e. The van der Waals surface area contributed by atoms with E-state index in [-0.39, 0.29) is 0 Å². The first-order valence-electron chi connectivity index (χ1n) is 9.07. The SMILES string of the molecule is NCCc1cn(CC2CCCC2)c2cc(-c3ccncc3)ccc12. The number of nitrogens with zero attached hydrogens (tertiary/aromatic N) is 2. The number of aromatic nitrogens is 2. The third kappa shape index (κ3) is 2.96. The molecular formula is C21H25N3. The third-order valence-corrected chi connectivity index (χ3v) is 5.32. The molecule has 3 heteroatoms. The number of fused-ring (bicyclic) bond motifs is 1. The molecule has 2 aromatic heterocycles. The molecule has 0 bridgehead atoms. The fourth-order valence-corrected chi connectivity index (χ4v) is 4.07. The van der Waals surface area contributed by atoms with Gasteiger partial charge in [-0.1, -0.05) is 25.0 Å². The highest BCUT2D eigenvalue weighted by molar-refractivity contribution is 5.88. The first-order chi connectivity index (χ1) is 11.8. The van der Waals surface area contributed by atoms with Crippen LogP contribution in [0, 0.1) is 5.92 Å². The van der Waals surface area contributed by atoms with Crippen LogP contribution in [-0.4, -0.2) is 16.1 Å². The predicted octanol–water partition coefficient (Wildman–Crippen LogP) is 4.39. The number of pyridine rings is 1. The van der Waals surface area contributed by atoms with Gasteiger partial charge in [0.2, 0.25) is 0 Å². The molecule has 0 amide bonds. The zero-order chi connectivity index (χ0) is 16.4. The van der Waals surface area contributed by atoms with E-state index in [2.05, 4.69) is 46.1 Å². The van der Waals surface area contributed by atoms with Gasteiger partial charge in [0.25, 0.3) is 0 Å². The van der Waals surface area contributed by atoms with Gasteiger partial charge in [-0.25, -0.2) is 0 Å². The summed E-state index contributed by atoms with van der Waals surface area (Å²) in [5, 5.41) is 1.36. The number of benzene rings is 1. The van der Waals surface area contributed by atoms with E-state index in [0.717, 1.165) is 18.9 Å². The zero-order valence-electron chi connectivity index (χ0n) is 14.1. The molecule has 124 valence electrons. The van der Waals surface area contributed by atoms with Crippen molar-refractivity contribution in [2.45, 2.75) is 38.6 Å². The van der Waals surface area contributed by atoms with Crippen molar-refractivity contribution in [1.82, 2.24) is 9.55 Å². The lowest BCUT2D eigenvalue weighted by molar-refractivity contribution is 0.465. The van der Waals surface area contributed by atoms with Gasteiger partial charge in [-0.3, -0.25) is 4.98 Å². The summed E-state index contributed by atoms with van der Waals surface area (Å²) in [7, 11) is 0. The van der Waals surface area contributed by atoms with Gasteiger partial charge in [-0.05, 0) is 66.6 Å². The number of hydrogen-bond acceptors (Lipinski definition) is 2. The second kappa shape index (κ2) is 6.78. The van der Waals surface area contributed by atoms with Crippen LogP contribution >= 0.6 is 0 Å². The highest BCUT2D eigenvalue weighted by Crippen LogP contribution is 2.31. The van der Waals surface area contributed by atoms with E-state index < -0.39 is 0 Å². The van der Waals surface area contributed by atoms with Crippen molar-refractivity contribution in [2.75, 3.05) is 6.54 Å². The van der Waals surface area contributed by atoms with Gasteiger partial charge >= 0.3 is 0 Å². The van der Waals surface area contributed by atoms with E-state index in [1.54, 1.807) is 0 Å². The van der Waals surface area contributed by atoms with Crippen LogP contribution in [0.5, 0.6) is 0 Å². The molecule has 4 rings (SSSR count). The fraction of sp³-hybridized carbons (Fsp3) is 0.381. The van der Waals surface area contributed by atoms with Crippen LogP contribution in [0.4, 0.5) is 0 Å². The van der Waals surface area contributed by atoms with Gasteiger partial charge < -0.3 is 10.3 Å². The number of nitrogens with two attached hydrogens (primary N) is 1. The Hall–Kier alpha value is -2.13. The Balaban J connectivity index is 1.77. The van der Waals surface area contributed by atoms with Gasteiger partial charge in [0, 0.05) is 36.0 Å². The van der Waals surface area contributed by atoms with Crippen molar-refractivity contribution >= 4 is 10.9 Å². The second-order valence-corrected chi connectivity index (χ2v) is 6.96. The summed E-state index contributed by atoms with van der Waals surface area (Å²) < 4.78 is 2.47. The van der Waals surface area contributed by atoms with Crippen LogP contribution < -0.4 is 5.73 Å². The Labute approximate surface area is 143 Å². The molecule has 3 aromatic rings. The van der Waals surface area contributed by atoms with Gasteiger partial charge in [-0.15, -0.1) is 0 Å². The fourth-order valence-electron chi connectivity index (χ4n) is 4.07. The molecule has 0 saturated heterocycles. The minimum Gasteiger partial charge on any atom is -0.347 e. The van der Waals surface area contributed by atoms with E-state index in [9.17, 15) is 0 Å². The molecule has 24 heavy (non-hydrogen) atoms. The van der Waals surface area contributed by atoms with E-state index >= 15 is 0 Å². The lowest BCUT2D eigenvalue weighted by Gasteiger charge is -2.12. The summed E-state index contributed by atoms with van der Waals surface area (Å²) in [6.45, 7) is 1.84. The molecular weight excluding hydrogens is 294 g/mol. The van der Waals surface area contributed by atoms with E-state index in [0.29, 0.717) is 6.54 Å². The van der Waals surface area contributed by atoms with Crippen molar-refractivity contribution < 1.29 is 0 Å². The summed E-state index contributed by atoms with van der Waals surface area (Å²) in [5.41, 5.74) is 11.0. The molecule has 1 aliphatic rings. The third-order valence-electron chi connectivity index (χ3n) is 5.32. The molecule has 3 nitrogen and oxygen atoms in total. The number of rotatable bonds is 5. The quantitative estimate of drug-likeness (QED) is 0.757. The molecule has 2 heterocycles. The standard InChI is InChI=1S/C21H25N3/c22-10-7-19-15-24(14-16-3-1-2-4-16)21-13-18(5-6-20(19)21)17-8-11-23-12-9-17/h5-6,8-9,11-13,15-16H,1-4,7,10,14,22H2. The largest absolute Gasteiger partial charge is 0.347 e. The number of hydrogen-bond donors (Lipinski definition) is 1. The van der Waals surface area contributed by atoms with Crippen LogP contribution in [0.25, 0.3) is 22.0 Å². The molecule has 1 aliphatic carbocycles. The molecule has 0 unspecified atom stereocenters. The monoisotopic (exact) mass is 319 g/mol. The first kappa shape index (κ1) is 15.4. The Morgan fingerprint density at radius 3 is 2.58 bits per heavy atom. The first-order valence-corrected chi connectivity index (χ1v) is 9.07. The van der Waals surface area contributed by atoms with Gasteiger partial charge in [-0.2, -0.15) is 0 Å². The van der Waals surface area contributed by atoms with Crippen molar-refractivity contribution in [1.29, 1.82) is 0 Å². The Bertz CT molecular complexity index is 814. The normalized spacial score (nSPS) is 15.4. The van der Waals surface area contributed by atoms with Crippen LogP contribution in [0.2, 0.25) is 0 Å². The molecule has 1 aromatic carbocycles. The highest BCUT2D eigenvalue weighted by atomic mass is 15.0. The molecule has 0 radical (unpaired) electrons. The second-order valence-electron chi connectivity index (χ2n) is 6.96. The summed E-state index contributed by atoms with van der Waals surface area (Å²) in [4.78, 5) is 4.13. The van der Waals surface area contributed by atoms with Crippen LogP contribution in [-0.2, 0) is 13.0 Å². The Morgan fingerprint density at radius 2 is 1.83 bits per heavy atom. The molecule has 0 atom stereocenters. The average Bonchev–Trinajstić information content (AvgIpc) is 3.25. The predicted molar refractivity (Wildman–Crippen MR) is 99.9 cm³/mol. The van der Waals surface area contributed by atoms with E-state index in [1.807, 2.05) is 12.4 Å². The van der Waals surface area contributed by atoms with Crippen LogP contribution in [0.1, 0.15) is 31.2 Å². The van der Waals surface area contributed by atoms with Crippen LogP contribution in [0.3, 0.4) is 0 Å². The lowest BCUT2D eigenvalue weighted by Crippen LogP contribution is -2.06. The zero-order valence-corrected chi connectivity index (χ0v) is 14.1. The average molecular weight is 319 g/mol. The summed E-state index contributed by atoms with van der Waals surface area (Å²) in [5.74, 6) is 0.830. The van der Waals surface area contributed by atoms with Gasteiger partial charge in [0.1, 0.15) is 0 Å². The van der Waals surface area contributed by atoms with Gasteiger partial charge in [0.05, 0.1) is 0 Å². The van der Waals surface area contributed by atoms with E-state index in [4.69, 9.17) is 5.73 Å². The summed E-state index contributed by atoms with van der Waals surface area (Å²) in [6.07, 6.45) is 12.5. The molecule has 2 N–H and O–H groups in total. The smallest absolute Gasteiger partial charge is 0.0489 e. The summed E-state index contributed by atoms with van der Waals surface area (Å²) in [6, 6.07) is 11.0. The van der Waals surface area contributed by atoms with Crippen molar-refractivity contribution in [3.05, 3.63) is 54.5 Å². The maximum atomic E-state index is 5.83. The van der Waals surface area contributed by atoms with E-state index in [1.165, 1.54) is 53.3 Å². The van der Waals surface area contributed by atoms with Gasteiger partial charge in [0.15, 0.2) is 0 Å². The lowest BCUT2D eigenvalue weighted by atomic mass is 10.0. The molecule has 0 spiro atoms. The molecule has 0 aliphatic heterocycles. The molecule has 1 fully saturated rings. The minimum absolute atomic E-state index is 0.703. The Kier molecular flexibility index (Phi) is 4.35. The maximum absolute atomic E-state index is 5.83. The van der Waals surface area contributed by atoms with Crippen molar-refractivity contribution in [2.24, 2.45) is 11.7 Å². The van der Waals surface area contributed by atoms with Crippen molar-refractivity contribution in [3.63, 3.8) is 0 Å². The highest BCUT2D eigenvalue weighted by Gasteiger charge is 2.17. The van der Waals surface area contributed by atoms with Crippen LogP contribution in [0.15, 0.2) is 48.9 Å². The van der Waals surface area contributed by atoms with Crippen molar-refractivity contribution in [3.8, 4) is 11.1 Å². The minimum atomic E-state index is 0.703. The Morgan fingerprint density at radius 1 is 1.04 bits per heavy atom. The molecule has 1 saturated carbocycles. The topological polar surface area (TPSA) is 43.8 Å². The summed E-state index contributed by atoms with van der Waals surface area (Å²) >= 11 is 0.